The van der Waals surface area contributed by atoms with E-state index in [-0.39, 0.29) is 18.6 Å². The molecular formula is C13H21O6-. The molecule has 1 heterocycles. The Morgan fingerprint density at radius 2 is 2.21 bits per heavy atom. The van der Waals surface area contributed by atoms with Gasteiger partial charge in [0.15, 0.2) is 6.29 Å². The predicted molar refractivity (Wildman–Crippen MR) is 64.9 cm³/mol. The second-order valence-corrected chi connectivity index (χ2v) is 4.83. The number of aliphatic hydroxyl groups is 2. The van der Waals surface area contributed by atoms with Crippen LogP contribution in [0, 0.1) is 0 Å². The number of carbonyl (C=O) groups excluding carboxylic acids is 1. The molecule has 0 saturated carbocycles. The van der Waals surface area contributed by atoms with E-state index >= 15 is 0 Å². The minimum atomic E-state index is -1.22. The standard InChI is InChI=1S/C13H22O6/c1-8(5-3-4-6-12(16)17)18-13-11(15)7-10(14)9(2)19-13/h4,6,8-11,13-15H,3,5,7H2,1-2H3,(H,16,17)/p-1/b6-4+/t8-,9+,10-,11-,13-/m1/s1. The predicted octanol–water partition coefficient (Wildman–Crippen LogP) is -0.665. The van der Waals surface area contributed by atoms with Crippen LogP contribution in [0.15, 0.2) is 12.2 Å². The van der Waals surface area contributed by atoms with Gasteiger partial charge in [0.25, 0.3) is 0 Å². The van der Waals surface area contributed by atoms with Crippen molar-refractivity contribution >= 4 is 5.97 Å². The van der Waals surface area contributed by atoms with E-state index in [4.69, 9.17) is 9.47 Å². The van der Waals surface area contributed by atoms with Crippen LogP contribution >= 0.6 is 0 Å². The summed E-state index contributed by atoms with van der Waals surface area (Å²) in [5, 5.41) is 29.4. The van der Waals surface area contributed by atoms with Crippen molar-refractivity contribution in [2.45, 2.75) is 63.8 Å². The Morgan fingerprint density at radius 1 is 1.53 bits per heavy atom. The minimum absolute atomic E-state index is 0.187. The third-order valence-corrected chi connectivity index (χ3v) is 3.05. The average molecular weight is 273 g/mol. The second kappa shape index (κ2) is 7.59. The number of carboxylic acid groups (broad SMARTS) is 1. The second-order valence-electron chi connectivity index (χ2n) is 4.83. The van der Waals surface area contributed by atoms with Gasteiger partial charge in [0, 0.05) is 6.42 Å². The summed E-state index contributed by atoms with van der Waals surface area (Å²) >= 11 is 0. The van der Waals surface area contributed by atoms with Crippen LogP contribution in [0.1, 0.15) is 33.1 Å². The van der Waals surface area contributed by atoms with Crippen molar-refractivity contribution < 1.29 is 29.6 Å². The molecular weight excluding hydrogens is 252 g/mol. The Hall–Kier alpha value is -0.950. The molecule has 1 aliphatic rings. The number of carbonyl (C=O) groups is 1. The SMILES string of the molecule is C[C@H](CC/C=C/C(=O)[O-])O[C@@H]1O[C@@H](C)[C@H](O)C[C@H]1O. The van der Waals surface area contributed by atoms with Crippen molar-refractivity contribution in [2.75, 3.05) is 0 Å². The van der Waals surface area contributed by atoms with Crippen LogP contribution in [0.5, 0.6) is 0 Å². The number of aliphatic carboxylic acids is 1. The fourth-order valence-corrected chi connectivity index (χ4v) is 1.87. The summed E-state index contributed by atoms with van der Waals surface area (Å²) in [5.41, 5.74) is 0. The summed E-state index contributed by atoms with van der Waals surface area (Å²) in [6.45, 7) is 3.54. The van der Waals surface area contributed by atoms with Gasteiger partial charge < -0.3 is 29.6 Å². The molecule has 0 unspecified atom stereocenters. The summed E-state index contributed by atoms with van der Waals surface area (Å²) < 4.78 is 10.9. The van der Waals surface area contributed by atoms with Crippen LogP contribution < -0.4 is 5.11 Å². The fourth-order valence-electron chi connectivity index (χ4n) is 1.87. The third kappa shape index (κ3) is 5.69. The maximum Gasteiger partial charge on any atom is 0.184 e. The molecule has 0 aromatic heterocycles. The molecule has 0 bridgehead atoms. The lowest BCUT2D eigenvalue weighted by Crippen LogP contribution is -2.48. The van der Waals surface area contributed by atoms with E-state index in [1.54, 1.807) is 6.92 Å². The van der Waals surface area contributed by atoms with Gasteiger partial charge in [0.2, 0.25) is 0 Å². The largest absolute Gasteiger partial charge is 0.545 e. The highest BCUT2D eigenvalue weighted by Gasteiger charge is 2.35. The molecule has 0 amide bonds. The number of carboxylic acids is 1. The van der Waals surface area contributed by atoms with Crippen molar-refractivity contribution in [1.82, 2.24) is 0 Å². The Balaban J connectivity index is 2.31. The smallest absolute Gasteiger partial charge is 0.184 e. The molecule has 0 aromatic rings. The molecule has 6 nitrogen and oxygen atoms in total. The van der Waals surface area contributed by atoms with Crippen molar-refractivity contribution in [3.05, 3.63) is 12.2 Å². The van der Waals surface area contributed by atoms with Crippen LogP contribution in [0.4, 0.5) is 0 Å². The normalized spacial score (nSPS) is 33.5. The number of allylic oxidation sites excluding steroid dienone is 1. The van der Waals surface area contributed by atoms with Gasteiger partial charge in [-0.1, -0.05) is 6.08 Å². The van der Waals surface area contributed by atoms with Gasteiger partial charge in [-0.15, -0.1) is 0 Å². The first-order valence-corrected chi connectivity index (χ1v) is 6.44. The Bertz CT molecular complexity index is 316. The lowest BCUT2D eigenvalue weighted by atomic mass is 10.0. The lowest BCUT2D eigenvalue weighted by molar-refractivity contribution is -0.297. The Kier molecular flexibility index (Phi) is 6.44. The van der Waals surface area contributed by atoms with Crippen molar-refractivity contribution in [2.24, 2.45) is 0 Å². The van der Waals surface area contributed by atoms with Gasteiger partial charge >= 0.3 is 0 Å². The Morgan fingerprint density at radius 3 is 2.84 bits per heavy atom. The summed E-state index contributed by atoms with van der Waals surface area (Å²) in [7, 11) is 0. The van der Waals surface area contributed by atoms with Crippen LogP contribution in [0.3, 0.4) is 0 Å². The number of ether oxygens (including phenoxy) is 2. The zero-order valence-corrected chi connectivity index (χ0v) is 11.2. The zero-order valence-electron chi connectivity index (χ0n) is 11.2. The molecule has 6 heteroatoms. The van der Waals surface area contributed by atoms with E-state index in [1.165, 1.54) is 6.08 Å². The van der Waals surface area contributed by atoms with Crippen LogP contribution in [-0.2, 0) is 14.3 Å². The number of rotatable bonds is 6. The van der Waals surface area contributed by atoms with E-state index in [0.29, 0.717) is 12.8 Å². The molecule has 0 radical (unpaired) electrons. The first-order chi connectivity index (χ1) is 8.90. The van der Waals surface area contributed by atoms with E-state index < -0.39 is 24.5 Å². The quantitative estimate of drug-likeness (QED) is 0.623. The van der Waals surface area contributed by atoms with E-state index in [2.05, 4.69) is 0 Å². The molecule has 110 valence electrons. The monoisotopic (exact) mass is 273 g/mol. The summed E-state index contributed by atoms with van der Waals surface area (Å²) in [4.78, 5) is 10.2. The van der Waals surface area contributed by atoms with Gasteiger partial charge in [0.1, 0.15) is 6.10 Å². The number of hydrogen-bond donors (Lipinski definition) is 2. The molecule has 1 fully saturated rings. The maximum absolute atomic E-state index is 10.2. The van der Waals surface area contributed by atoms with Gasteiger partial charge in [-0.2, -0.15) is 0 Å². The molecule has 2 N–H and O–H groups in total. The van der Waals surface area contributed by atoms with Crippen LogP contribution in [0.2, 0.25) is 0 Å². The van der Waals surface area contributed by atoms with E-state index in [0.717, 1.165) is 6.08 Å². The van der Waals surface area contributed by atoms with Gasteiger partial charge in [0.05, 0.1) is 24.3 Å². The van der Waals surface area contributed by atoms with Crippen LogP contribution in [0.25, 0.3) is 0 Å². The van der Waals surface area contributed by atoms with Crippen LogP contribution in [-0.4, -0.2) is 46.9 Å². The first-order valence-electron chi connectivity index (χ1n) is 6.44. The highest BCUT2D eigenvalue weighted by molar-refractivity contribution is 5.77. The molecule has 1 rings (SSSR count). The summed E-state index contributed by atoms with van der Waals surface area (Å²) in [5.74, 6) is -1.22. The molecule has 1 saturated heterocycles. The number of aliphatic hydroxyl groups excluding tert-OH is 2. The highest BCUT2D eigenvalue weighted by atomic mass is 16.7. The topological polar surface area (TPSA) is 99.1 Å². The van der Waals surface area contributed by atoms with Gasteiger partial charge in [-0.25, -0.2) is 0 Å². The summed E-state index contributed by atoms with van der Waals surface area (Å²) in [6, 6.07) is 0. The molecule has 0 spiro atoms. The summed E-state index contributed by atoms with van der Waals surface area (Å²) in [6.07, 6.45) is 0.998. The Labute approximate surface area is 112 Å². The first kappa shape index (κ1) is 16.1. The third-order valence-electron chi connectivity index (χ3n) is 3.05. The van der Waals surface area contributed by atoms with E-state index in [1.807, 2.05) is 6.92 Å². The molecule has 5 atom stereocenters. The average Bonchev–Trinajstić information content (AvgIpc) is 2.31. The van der Waals surface area contributed by atoms with Crippen molar-refractivity contribution in [3.63, 3.8) is 0 Å². The molecule has 19 heavy (non-hydrogen) atoms. The minimum Gasteiger partial charge on any atom is -0.545 e. The molecule has 1 aliphatic heterocycles. The molecule has 0 aliphatic carbocycles. The lowest BCUT2D eigenvalue weighted by Gasteiger charge is -2.36. The zero-order chi connectivity index (χ0) is 14.4. The highest BCUT2D eigenvalue weighted by Crippen LogP contribution is 2.22. The van der Waals surface area contributed by atoms with Crippen molar-refractivity contribution in [3.8, 4) is 0 Å². The van der Waals surface area contributed by atoms with Crippen molar-refractivity contribution in [1.29, 1.82) is 0 Å². The van der Waals surface area contributed by atoms with E-state index in [9.17, 15) is 20.1 Å². The number of hydrogen-bond acceptors (Lipinski definition) is 6. The molecule has 0 aromatic carbocycles. The maximum atomic E-state index is 10.2. The van der Waals surface area contributed by atoms with Gasteiger partial charge in [-0.3, -0.25) is 0 Å². The van der Waals surface area contributed by atoms with Gasteiger partial charge in [-0.05, 0) is 32.8 Å². The fraction of sp³-hybridized carbons (Fsp3) is 0.769.